The van der Waals surface area contributed by atoms with Crippen LogP contribution in [0.3, 0.4) is 0 Å². The third-order valence-electron chi connectivity index (χ3n) is 7.69. The maximum absolute atomic E-state index is 13.6. The number of fused-ring (bicyclic) bond motifs is 1. The van der Waals surface area contributed by atoms with E-state index in [4.69, 9.17) is 0 Å². The van der Waals surface area contributed by atoms with E-state index in [-0.39, 0.29) is 0 Å². The molecule has 1 saturated heterocycles. The Hall–Kier alpha value is -3.64. The first-order valence-electron chi connectivity index (χ1n) is 12.7. The monoisotopic (exact) mass is 499 g/mol. The Balaban J connectivity index is 1.40. The molecule has 0 radical (unpaired) electrons. The second-order valence-corrected chi connectivity index (χ2v) is 10.1. The summed E-state index contributed by atoms with van der Waals surface area (Å²) < 4.78 is 42.9. The van der Waals surface area contributed by atoms with Gasteiger partial charge in [0.25, 0.3) is 0 Å². The third kappa shape index (κ3) is 4.62. The van der Waals surface area contributed by atoms with Crippen molar-refractivity contribution in [3.63, 3.8) is 0 Å². The van der Waals surface area contributed by atoms with Crippen molar-refractivity contribution in [2.75, 3.05) is 13.1 Å². The van der Waals surface area contributed by atoms with Gasteiger partial charge >= 0.3 is 6.18 Å². The number of rotatable bonds is 4. The molecule has 0 spiro atoms. The Morgan fingerprint density at radius 2 is 1.70 bits per heavy atom. The van der Waals surface area contributed by atoms with Crippen LogP contribution >= 0.6 is 0 Å². The molecule has 2 aliphatic heterocycles. The lowest BCUT2D eigenvalue weighted by molar-refractivity contribution is -0.137. The molecule has 0 saturated carbocycles. The summed E-state index contributed by atoms with van der Waals surface area (Å²) in [5.74, 6) is 0.487. The number of alkyl halides is 3. The van der Waals surface area contributed by atoms with Gasteiger partial charge in [-0.15, -0.1) is 0 Å². The Bertz CT molecular complexity index is 1430. The van der Waals surface area contributed by atoms with Crippen LogP contribution in [-0.2, 0) is 6.18 Å². The van der Waals surface area contributed by atoms with Gasteiger partial charge in [0.1, 0.15) is 0 Å². The predicted molar refractivity (Wildman–Crippen MR) is 141 cm³/mol. The van der Waals surface area contributed by atoms with Crippen molar-refractivity contribution in [3.8, 4) is 22.4 Å². The van der Waals surface area contributed by atoms with E-state index in [0.717, 1.165) is 54.5 Å². The van der Waals surface area contributed by atoms with Gasteiger partial charge in [0, 0.05) is 55.4 Å². The van der Waals surface area contributed by atoms with Gasteiger partial charge in [-0.25, -0.2) is 0 Å². The average Bonchev–Trinajstić information content (AvgIpc) is 3.53. The van der Waals surface area contributed by atoms with Crippen LogP contribution in [-0.4, -0.2) is 33.6 Å². The minimum atomic E-state index is -4.40. The summed E-state index contributed by atoms with van der Waals surface area (Å²) in [6.07, 6.45) is 5.24. The number of hydrogen-bond donors (Lipinski definition) is 0. The van der Waals surface area contributed by atoms with E-state index < -0.39 is 11.7 Å². The summed E-state index contributed by atoms with van der Waals surface area (Å²) in [7, 11) is 0. The number of hydrogen-bond acceptors (Lipinski definition) is 2. The Morgan fingerprint density at radius 1 is 0.919 bits per heavy atom. The smallest absolute Gasteiger partial charge is 0.320 e. The van der Waals surface area contributed by atoms with Crippen LogP contribution in [0.5, 0.6) is 0 Å². The minimum absolute atomic E-state index is 0.316. The normalized spacial score (nSPS) is 20.1. The highest BCUT2D eigenvalue weighted by Gasteiger charge is 2.35. The number of nitrogens with zero attached hydrogens (tertiary/aromatic N) is 3. The average molecular weight is 500 g/mol. The van der Waals surface area contributed by atoms with Crippen LogP contribution in [0.1, 0.15) is 35.4 Å². The van der Waals surface area contributed by atoms with Gasteiger partial charge in [-0.1, -0.05) is 42.0 Å². The maximum Gasteiger partial charge on any atom is 0.416 e. The van der Waals surface area contributed by atoms with Gasteiger partial charge in [-0.3, -0.25) is 9.88 Å². The van der Waals surface area contributed by atoms with Crippen LogP contribution in [0.25, 0.3) is 28.1 Å². The van der Waals surface area contributed by atoms with Crippen LogP contribution in [0, 0.1) is 6.92 Å². The number of halogens is 3. The molecule has 2 aromatic heterocycles. The zero-order valence-electron chi connectivity index (χ0n) is 20.6. The molecule has 1 fully saturated rings. The van der Waals surface area contributed by atoms with Gasteiger partial charge in [-0.2, -0.15) is 13.2 Å². The van der Waals surface area contributed by atoms with Crippen molar-refractivity contribution in [2.45, 2.75) is 37.9 Å². The fourth-order valence-corrected chi connectivity index (χ4v) is 5.78. The maximum atomic E-state index is 13.6. The van der Waals surface area contributed by atoms with Gasteiger partial charge in [0.2, 0.25) is 0 Å². The Morgan fingerprint density at radius 3 is 2.46 bits per heavy atom. The molecule has 2 aliphatic rings. The van der Waals surface area contributed by atoms with Crippen LogP contribution in [0.15, 0.2) is 91.4 Å². The summed E-state index contributed by atoms with van der Waals surface area (Å²) in [6, 6.07) is 20.6. The topological polar surface area (TPSA) is 21.1 Å². The molecule has 6 heteroatoms. The fraction of sp³-hybridized carbons (Fsp3) is 0.258. The van der Waals surface area contributed by atoms with E-state index >= 15 is 0 Å². The first kappa shape index (κ1) is 23.7. The molecular formula is C31H28F3N3. The second kappa shape index (κ2) is 9.34. The van der Waals surface area contributed by atoms with E-state index in [1.165, 1.54) is 23.3 Å². The Kier molecular flexibility index (Phi) is 6.00. The zero-order chi connectivity index (χ0) is 25.6. The second-order valence-electron chi connectivity index (χ2n) is 10.1. The molecular weight excluding hydrogens is 471 g/mol. The molecule has 0 amide bonds. The molecule has 4 aromatic rings. The summed E-state index contributed by atoms with van der Waals surface area (Å²) >= 11 is 0. The number of pyridine rings is 1. The van der Waals surface area contributed by atoms with Crippen molar-refractivity contribution in [1.29, 1.82) is 0 Å². The summed E-state index contributed by atoms with van der Waals surface area (Å²) in [4.78, 5) is 6.65. The van der Waals surface area contributed by atoms with Crippen LogP contribution in [0.2, 0.25) is 0 Å². The number of aromatic nitrogens is 2. The molecule has 2 unspecified atom stereocenters. The highest BCUT2D eigenvalue weighted by Crippen LogP contribution is 2.41. The molecule has 3 nitrogen and oxygen atoms in total. The molecule has 188 valence electrons. The van der Waals surface area contributed by atoms with E-state index in [2.05, 4.69) is 51.7 Å². The summed E-state index contributed by atoms with van der Waals surface area (Å²) in [5.41, 5.74) is 6.30. The lowest BCUT2D eigenvalue weighted by Crippen LogP contribution is -2.33. The van der Waals surface area contributed by atoms with E-state index in [9.17, 15) is 13.2 Å². The van der Waals surface area contributed by atoms with Crippen LogP contribution < -0.4 is 0 Å². The largest absolute Gasteiger partial charge is 0.416 e. The van der Waals surface area contributed by atoms with Crippen molar-refractivity contribution in [3.05, 3.63) is 108 Å². The lowest BCUT2D eigenvalue weighted by Gasteiger charge is -2.29. The predicted octanol–water partition coefficient (Wildman–Crippen LogP) is 7.65. The van der Waals surface area contributed by atoms with Gasteiger partial charge in [0.15, 0.2) is 0 Å². The van der Waals surface area contributed by atoms with Gasteiger partial charge < -0.3 is 4.57 Å². The summed E-state index contributed by atoms with van der Waals surface area (Å²) in [6.45, 7) is 4.07. The number of benzene rings is 2. The van der Waals surface area contributed by atoms with E-state index in [1.54, 1.807) is 18.5 Å². The highest BCUT2D eigenvalue weighted by molar-refractivity contribution is 5.84. The number of aryl methyl sites for hydroxylation is 1. The first-order valence-corrected chi connectivity index (χ1v) is 12.7. The van der Waals surface area contributed by atoms with E-state index in [1.807, 2.05) is 24.4 Å². The SMILES string of the molecule is Cc1ccc(C2CC3C=C(n4ccc(-c5ccncc5)c4-c4cccc(C(F)(F)F)c4)CCN3C2)cc1. The zero-order valence-corrected chi connectivity index (χ0v) is 20.6. The van der Waals surface area contributed by atoms with Crippen molar-refractivity contribution in [1.82, 2.24) is 14.5 Å². The Labute approximate surface area is 214 Å². The van der Waals surface area contributed by atoms with E-state index in [0.29, 0.717) is 17.5 Å². The fourth-order valence-electron chi connectivity index (χ4n) is 5.78. The lowest BCUT2D eigenvalue weighted by atomic mass is 9.95. The van der Waals surface area contributed by atoms with Crippen LogP contribution in [0.4, 0.5) is 13.2 Å². The molecule has 0 N–H and O–H groups in total. The van der Waals surface area contributed by atoms with Crippen molar-refractivity contribution in [2.24, 2.45) is 0 Å². The first-order chi connectivity index (χ1) is 17.9. The molecule has 0 aliphatic carbocycles. The van der Waals surface area contributed by atoms with Gasteiger partial charge in [-0.05, 0) is 72.4 Å². The highest BCUT2D eigenvalue weighted by atomic mass is 19.4. The minimum Gasteiger partial charge on any atom is -0.320 e. The molecule has 0 bridgehead atoms. The molecule has 6 rings (SSSR count). The molecule has 37 heavy (non-hydrogen) atoms. The van der Waals surface area contributed by atoms with Crippen molar-refractivity contribution < 1.29 is 13.2 Å². The van der Waals surface area contributed by atoms with Crippen molar-refractivity contribution >= 4 is 5.70 Å². The summed E-state index contributed by atoms with van der Waals surface area (Å²) in [5, 5.41) is 0. The quantitative estimate of drug-likeness (QED) is 0.288. The third-order valence-corrected chi connectivity index (χ3v) is 7.69. The molecule has 2 aromatic carbocycles. The molecule has 2 atom stereocenters. The standard InChI is InChI=1S/C31H28F3N3/c1-21-5-7-22(8-6-21)25-18-28-19-27(11-15-36(28)20-25)37-16-12-29(23-9-13-35-14-10-23)30(37)24-3-2-4-26(17-24)31(32,33)34/h2-10,12-14,16-17,19,25,28H,11,15,18,20H2,1H3. The van der Waals surface area contributed by atoms with Gasteiger partial charge in [0.05, 0.1) is 11.3 Å². The molecule has 4 heterocycles.